The Hall–Kier alpha value is -3.23. The van der Waals surface area contributed by atoms with Gasteiger partial charge in [-0.05, 0) is 18.0 Å². The smallest absolute Gasteiger partial charge is 0.320 e. The van der Waals surface area contributed by atoms with Crippen molar-refractivity contribution >= 4 is 6.03 Å². The van der Waals surface area contributed by atoms with Crippen LogP contribution >= 0.6 is 0 Å². The SMILES string of the molecule is CN1CCN(C(=O)N(C[C@@H](F)CN)[C@@H](c2nc(-c3ccccc3)cn2Cc2ccccc2)C(C)(C)C)CC1. The van der Waals surface area contributed by atoms with Crippen molar-refractivity contribution in [2.75, 3.05) is 46.3 Å². The molecule has 0 bridgehead atoms. The van der Waals surface area contributed by atoms with Crippen LogP contribution in [0.25, 0.3) is 11.3 Å². The number of piperazine rings is 1. The number of benzene rings is 2. The van der Waals surface area contributed by atoms with Gasteiger partial charge in [-0.15, -0.1) is 0 Å². The van der Waals surface area contributed by atoms with Crippen LogP contribution in [0, 0.1) is 5.41 Å². The number of likely N-dealkylation sites (N-methyl/N-ethyl adjacent to an activating group) is 1. The van der Waals surface area contributed by atoms with E-state index in [0.717, 1.165) is 35.7 Å². The lowest BCUT2D eigenvalue weighted by atomic mass is 9.84. The highest BCUT2D eigenvalue weighted by Gasteiger charge is 2.41. The zero-order valence-electron chi connectivity index (χ0n) is 23.1. The molecule has 1 fully saturated rings. The van der Waals surface area contributed by atoms with E-state index in [1.165, 1.54) is 0 Å². The van der Waals surface area contributed by atoms with E-state index < -0.39 is 17.6 Å². The predicted molar refractivity (Wildman–Crippen MR) is 151 cm³/mol. The Morgan fingerprint density at radius 1 is 1.03 bits per heavy atom. The maximum atomic E-state index is 15.0. The van der Waals surface area contributed by atoms with Crippen LogP contribution in [0.4, 0.5) is 9.18 Å². The summed E-state index contributed by atoms with van der Waals surface area (Å²) in [6, 6.07) is 19.6. The average molecular weight is 521 g/mol. The third-order valence-corrected chi connectivity index (χ3v) is 7.12. The molecule has 4 rings (SSSR count). The van der Waals surface area contributed by atoms with Gasteiger partial charge in [0.15, 0.2) is 0 Å². The maximum absolute atomic E-state index is 15.0. The summed E-state index contributed by atoms with van der Waals surface area (Å²) in [6.45, 7) is 9.41. The maximum Gasteiger partial charge on any atom is 0.320 e. The Morgan fingerprint density at radius 2 is 1.63 bits per heavy atom. The summed E-state index contributed by atoms with van der Waals surface area (Å²) in [6.07, 6.45) is 0.715. The van der Waals surface area contributed by atoms with Crippen LogP contribution in [0.15, 0.2) is 66.9 Å². The molecule has 2 heterocycles. The Bertz CT molecular complexity index is 1170. The van der Waals surface area contributed by atoms with E-state index in [4.69, 9.17) is 10.7 Å². The first-order valence-corrected chi connectivity index (χ1v) is 13.4. The van der Waals surface area contributed by atoms with Crippen molar-refractivity contribution in [3.8, 4) is 11.3 Å². The predicted octanol–water partition coefficient (Wildman–Crippen LogP) is 4.65. The van der Waals surface area contributed by atoms with Gasteiger partial charge in [0, 0.05) is 51.0 Å². The van der Waals surface area contributed by atoms with Crippen LogP contribution in [-0.4, -0.2) is 82.8 Å². The fraction of sp³-hybridized carbons (Fsp3) is 0.467. The number of carbonyl (C=O) groups is 1. The summed E-state index contributed by atoms with van der Waals surface area (Å²) >= 11 is 0. The van der Waals surface area contributed by atoms with E-state index in [1.807, 2.05) is 59.6 Å². The number of aromatic nitrogens is 2. The van der Waals surface area contributed by atoms with E-state index in [9.17, 15) is 9.18 Å². The number of amides is 2. The highest BCUT2D eigenvalue weighted by Crippen LogP contribution is 2.40. The van der Waals surface area contributed by atoms with E-state index in [0.29, 0.717) is 19.6 Å². The molecule has 0 unspecified atom stereocenters. The molecular weight excluding hydrogens is 479 g/mol. The summed E-state index contributed by atoms with van der Waals surface area (Å²) in [5.74, 6) is 0.743. The zero-order valence-corrected chi connectivity index (χ0v) is 23.1. The lowest BCUT2D eigenvalue weighted by Gasteiger charge is -2.44. The number of halogens is 1. The first kappa shape index (κ1) is 27.8. The Balaban J connectivity index is 1.82. The normalized spacial score (nSPS) is 16.3. The van der Waals surface area contributed by atoms with Crippen LogP contribution in [0.1, 0.15) is 38.2 Å². The first-order chi connectivity index (χ1) is 18.2. The van der Waals surface area contributed by atoms with E-state index in [2.05, 4.69) is 49.4 Å². The number of rotatable bonds is 8. The van der Waals surface area contributed by atoms with Crippen LogP contribution in [-0.2, 0) is 6.54 Å². The third kappa shape index (κ3) is 6.60. The summed E-state index contributed by atoms with van der Waals surface area (Å²) in [7, 11) is 2.05. The molecule has 1 aliphatic heterocycles. The number of urea groups is 1. The molecule has 2 aromatic carbocycles. The first-order valence-electron chi connectivity index (χ1n) is 13.4. The standard InChI is InChI=1S/C30H41FN6O/c1-30(2,3)27(37(21-25(31)19-32)29(38)35-17-15-34(4)16-18-35)28-33-26(24-13-9-6-10-14-24)22-36(28)20-23-11-7-5-8-12-23/h5-14,22,25,27H,15-21,32H2,1-4H3/t25-,27-/m0/s1. The van der Waals surface area contributed by atoms with Gasteiger partial charge in [0.1, 0.15) is 12.0 Å². The van der Waals surface area contributed by atoms with Gasteiger partial charge in [-0.25, -0.2) is 14.2 Å². The summed E-state index contributed by atoms with van der Waals surface area (Å²) < 4.78 is 17.1. The summed E-state index contributed by atoms with van der Waals surface area (Å²) in [4.78, 5) is 24.9. The number of alkyl halides is 1. The minimum absolute atomic E-state index is 0.0809. The van der Waals surface area contributed by atoms with Gasteiger partial charge in [0.25, 0.3) is 0 Å². The van der Waals surface area contributed by atoms with E-state index in [-0.39, 0.29) is 19.1 Å². The molecule has 7 nitrogen and oxygen atoms in total. The lowest BCUT2D eigenvalue weighted by molar-refractivity contribution is 0.0579. The molecule has 0 spiro atoms. The molecule has 1 saturated heterocycles. The molecule has 1 aromatic heterocycles. The molecule has 38 heavy (non-hydrogen) atoms. The van der Waals surface area contributed by atoms with Crippen molar-refractivity contribution in [3.63, 3.8) is 0 Å². The van der Waals surface area contributed by atoms with Crippen molar-refractivity contribution < 1.29 is 9.18 Å². The number of carbonyl (C=O) groups excluding carboxylic acids is 1. The number of hydrogen-bond donors (Lipinski definition) is 1. The summed E-state index contributed by atoms with van der Waals surface area (Å²) in [5.41, 5.74) is 8.25. The minimum atomic E-state index is -1.33. The van der Waals surface area contributed by atoms with E-state index >= 15 is 0 Å². The molecule has 0 saturated carbocycles. The molecule has 2 amide bonds. The fourth-order valence-electron chi connectivity index (χ4n) is 5.06. The van der Waals surface area contributed by atoms with Gasteiger partial charge >= 0.3 is 6.03 Å². The molecule has 204 valence electrons. The molecule has 8 heteroatoms. The van der Waals surface area contributed by atoms with Crippen molar-refractivity contribution in [1.29, 1.82) is 0 Å². The quantitative estimate of drug-likeness (QED) is 0.469. The molecule has 2 atom stereocenters. The second kappa shape index (κ2) is 12.1. The molecule has 0 radical (unpaired) electrons. The van der Waals surface area contributed by atoms with Gasteiger partial charge in [-0.3, -0.25) is 0 Å². The molecule has 2 N–H and O–H groups in total. The van der Waals surface area contributed by atoms with Gasteiger partial charge in [-0.1, -0.05) is 81.4 Å². The number of imidazole rings is 1. The largest absolute Gasteiger partial charge is 0.328 e. The lowest BCUT2D eigenvalue weighted by Crippen LogP contribution is -2.55. The van der Waals surface area contributed by atoms with Gasteiger partial charge < -0.3 is 25.0 Å². The van der Waals surface area contributed by atoms with Crippen LogP contribution < -0.4 is 5.73 Å². The third-order valence-electron chi connectivity index (χ3n) is 7.12. The number of hydrogen-bond acceptors (Lipinski definition) is 4. The Morgan fingerprint density at radius 3 is 2.21 bits per heavy atom. The highest BCUT2D eigenvalue weighted by atomic mass is 19.1. The number of nitrogens with zero attached hydrogens (tertiary/aromatic N) is 5. The van der Waals surface area contributed by atoms with Gasteiger partial charge in [0.2, 0.25) is 0 Å². The van der Waals surface area contributed by atoms with Crippen molar-refractivity contribution in [2.24, 2.45) is 11.1 Å². The Kier molecular flexibility index (Phi) is 8.84. The average Bonchev–Trinajstić information content (AvgIpc) is 3.31. The molecule has 0 aliphatic carbocycles. The fourth-order valence-corrected chi connectivity index (χ4v) is 5.06. The zero-order chi connectivity index (χ0) is 27.3. The number of nitrogens with two attached hydrogens (primary N) is 1. The van der Waals surface area contributed by atoms with Crippen molar-refractivity contribution in [2.45, 2.75) is 39.5 Å². The topological polar surface area (TPSA) is 70.6 Å². The van der Waals surface area contributed by atoms with E-state index in [1.54, 1.807) is 4.90 Å². The van der Waals surface area contributed by atoms with Crippen molar-refractivity contribution in [3.05, 3.63) is 78.2 Å². The van der Waals surface area contributed by atoms with Gasteiger partial charge in [0.05, 0.1) is 18.3 Å². The molecule has 3 aromatic rings. The van der Waals surface area contributed by atoms with Gasteiger partial charge in [-0.2, -0.15) is 0 Å². The summed E-state index contributed by atoms with van der Waals surface area (Å²) in [5, 5.41) is 0. The minimum Gasteiger partial charge on any atom is -0.328 e. The second-order valence-corrected chi connectivity index (χ2v) is 11.3. The second-order valence-electron chi connectivity index (χ2n) is 11.3. The van der Waals surface area contributed by atoms with Crippen LogP contribution in [0.2, 0.25) is 0 Å². The monoisotopic (exact) mass is 520 g/mol. The van der Waals surface area contributed by atoms with Crippen LogP contribution in [0.5, 0.6) is 0 Å². The van der Waals surface area contributed by atoms with Crippen molar-refractivity contribution in [1.82, 2.24) is 24.3 Å². The molecular formula is C30H41FN6O. The molecule has 1 aliphatic rings. The van der Waals surface area contributed by atoms with Crippen LogP contribution in [0.3, 0.4) is 0 Å². The highest BCUT2D eigenvalue weighted by molar-refractivity contribution is 5.75. The Labute approximate surface area is 226 Å².